The van der Waals surface area contributed by atoms with Gasteiger partial charge in [-0.05, 0) is 89.9 Å². The average molecular weight is 663 g/mol. The van der Waals surface area contributed by atoms with Crippen LogP contribution in [0.1, 0.15) is 129 Å². The van der Waals surface area contributed by atoms with Crippen LogP contribution in [0.5, 0.6) is 0 Å². The normalized spacial score (nSPS) is 13.5. The lowest BCUT2D eigenvalue weighted by Crippen LogP contribution is -2.28. The quantitative estimate of drug-likeness (QED) is 0.0454. The summed E-state index contributed by atoms with van der Waals surface area (Å²) in [5.41, 5.74) is 0. The maximum absolute atomic E-state index is 12.1. The van der Waals surface area contributed by atoms with Gasteiger partial charge in [-0.25, -0.2) is 0 Å². The van der Waals surface area contributed by atoms with Crippen molar-refractivity contribution in [2.24, 2.45) is 0 Å². The fourth-order valence-corrected chi connectivity index (χ4v) is 4.34. The Kier molecular flexibility index (Phi) is 35.3. The van der Waals surface area contributed by atoms with E-state index >= 15 is 0 Å². The van der Waals surface area contributed by atoms with Crippen molar-refractivity contribution in [3.8, 4) is 0 Å². The van der Waals surface area contributed by atoms with Crippen LogP contribution in [0.2, 0.25) is 0 Å². The first kappa shape index (κ1) is 44.6. The molecule has 0 bridgehead atoms. The highest BCUT2D eigenvalue weighted by Gasteiger charge is 2.15. The summed E-state index contributed by atoms with van der Waals surface area (Å²) in [5, 5.41) is 9.53. The molecule has 0 rings (SSSR count). The van der Waals surface area contributed by atoms with Crippen LogP contribution < -0.4 is 0 Å². The Morgan fingerprint density at radius 2 is 0.854 bits per heavy atom. The van der Waals surface area contributed by atoms with Crippen LogP contribution in [0.25, 0.3) is 0 Å². The Balaban J connectivity index is 3.77. The number of ether oxygens (including phenoxy) is 2. The number of hydrogen-bond acceptors (Lipinski definition) is 5. The lowest BCUT2D eigenvalue weighted by molar-refractivity contribution is -0.161. The van der Waals surface area contributed by atoms with E-state index < -0.39 is 6.10 Å². The van der Waals surface area contributed by atoms with E-state index in [1.165, 1.54) is 0 Å². The highest BCUT2D eigenvalue weighted by molar-refractivity contribution is 5.70. The molecule has 0 saturated heterocycles. The summed E-state index contributed by atoms with van der Waals surface area (Å²) in [7, 11) is 0. The standard InChI is InChI=1S/C43H66O5/c1-3-5-7-9-11-13-15-17-19-21-23-25-27-29-31-33-35-37-42(45)47-40-41(39-44)48-43(46)38-36-34-32-30-28-26-24-22-20-18-16-14-12-10-8-6-4-2/h5-8,11-14,17-20,23-26,30,32,41,44H,3-4,9-10,15-16,21-22,27-29,31,33-40H2,1-2H3/t41-/m0/s1. The second-order valence-corrected chi connectivity index (χ2v) is 11.5. The molecule has 0 aliphatic heterocycles. The van der Waals surface area contributed by atoms with Crippen molar-refractivity contribution in [2.75, 3.05) is 13.2 Å². The van der Waals surface area contributed by atoms with Crippen LogP contribution in [0.4, 0.5) is 0 Å². The minimum Gasteiger partial charge on any atom is -0.462 e. The molecule has 0 aromatic heterocycles. The maximum Gasteiger partial charge on any atom is 0.306 e. The van der Waals surface area contributed by atoms with Gasteiger partial charge in [0.15, 0.2) is 6.10 Å². The van der Waals surface area contributed by atoms with Crippen molar-refractivity contribution in [2.45, 2.75) is 136 Å². The van der Waals surface area contributed by atoms with E-state index in [1.54, 1.807) is 0 Å². The third kappa shape index (κ3) is 35.4. The number of aliphatic hydroxyl groups excluding tert-OH is 1. The van der Waals surface area contributed by atoms with E-state index in [-0.39, 0.29) is 31.6 Å². The molecule has 5 nitrogen and oxygen atoms in total. The Hall–Kier alpha value is -3.44. The zero-order chi connectivity index (χ0) is 35.0. The molecule has 1 N–H and O–H groups in total. The molecule has 0 fully saturated rings. The van der Waals surface area contributed by atoms with Gasteiger partial charge in [-0.3, -0.25) is 9.59 Å². The summed E-state index contributed by atoms with van der Waals surface area (Å²) in [5.74, 6) is -0.701. The summed E-state index contributed by atoms with van der Waals surface area (Å²) < 4.78 is 10.5. The fourth-order valence-electron chi connectivity index (χ4n) is 4.34. The van der Waals surface area contributed by atoms with Gasteiger partial charge in [0, 0.05) is 12.8 Å². The second-order valence-electron chi connectivity index (χ2n) is 11.5. The van der Waals surface area contributed by atoms with Gasteiger partial charge in [0.2, 0.25) is 0 Å². The molecule has 0 aliphatic rings. The number of carbonyl (C=O) groups is 2. The molecule has 0 aliphatic carbocycles. The van der Waals surface area contributed by atoms with E-state index in [4.69, 9.17) is 9.47 Å². The number of carbonyl (C=O) groups excluding carboxylic acids is 2. The third-order valence-corrected chi connectivity index (χ3v) is 7.06. The molecule has 0 aromatic carbocycles. The third-order valence-electron chi connectivity index (χ3n) is 7.06. The topological polar surface area (TPSA) is 72.8 Å². The van der Waals surface area contributed by atoms with Crippen LogP contribution >= 0.6 is 0 Å². The summed E-state index contributed by atoms with van der Waals surface area (Å²) in [6, 6.07) is 0. The van der Waals surface area contributed by atoms with Crippen molar-refractivity contribution < 1.29 is 24.2 Å². The summed E-state index contributed by atoms with van der Waals surface area (Å²) in [4.78, 5) is 24.2. The predicted molar refractivity (Wildman–Crippen MR) is 205 cm³/mol. The first-order valence-electron chi connectivity index (χ1n) is 18.4. The van der Waals surface area contributed by atoms with E-state index in [1.807, 2.05) is 0 Å². The summed E-state index contributed by atoms with van der Waals surface area (Å²) in [6.07, 6.45) is 54.3. The van der Waals surface area contributed by atoms with Gasteiger partial charge in [-0.2, -0.15) is 0 Å². The molecule has 268 valence electrons. The van der Waals surface area contributed by atoms with Gasteiger partial charge in [0.25, 0.3) is 0 Å². The summed E-state index contributed by atoms with van der Waals surface area (Å²) in [6.45, 7) is 3.81. The van der Waals surface area contributed by atoms with E-state index in [0.29, 0.717) is 12.8 Å². The molecular weight excluding hydrogens is 596 g/mol. The van der Waals surface area contributed by atoms with Crippen molar-refractivity contribution in [1.29, 1.82) is 0 Å². The molecular formula is C43H66O5. The first-order valence-corrected chi connectivity index (χ1v) is 18.4. The first-order chi connectivity index (χ1) is 23.6. The van der Waals surface area contributed by atoms with E-state index in [0.717, 1.165) is 96.3 Å². The van der Waals surface area contributed by atoms with Gasteiger partial charge in [0.1, 0.15) is 6.61 Å². The zero-order valence-electron chi connectivity index (χ0n) is 30.2. The van der Waals surface area contributed by atoms with Crippen molar-refractivity contribution in [1.82, 2.24) is 0 Å². The lowest BCUT2D eigenvalue weighted by Gasteiger charge is -2.15. The van der Waals surface area contributed by atoms with Crippen LogP contribution in [0.3, 0.4) is 0 Å². The van der Waals surface area contributed by atoms with Crippen molar-refractivity contribution in [3.05, 3.63) is 109 Å². The Bertz CT molecular complexity index is 1020. The Morgan fingerprint density at radius 3 is 1.29 bits per heavy atom. The largest absolute Gasteiger partial charge is 0.462 e. The molecule has 0 radical (unpaired) electrons. The molecule has 1 atom stereocenters. The molecule has 0 spiro atoms. The molecule has 48 heavy (non-hydrogen) atoms. The van der Waals surface area contributed by atoms with E-state index in [9.17, 15) is 14.7 Å². The molecule has 0 aromatic rings. The van der Waals surface area contributed by atoms with Crippen LogP contribution in [0.15, 0.2) is 109 Å². The molecule has 0 amide bonds. The smallest absolute Gasteiger partial charge is 0.306 e. The number of unbranched alkanes of at least 4 members (excludes halogenated alkanes) is 5. The van der Waals surface area contributed by atoms with Gasteiger partial charge in [0.05, 0.1) is 6.61 Å². The SMILES string of the molecule is CCC=CCC=CCC=CCC=CCC=CCCCC(=O)O[C@@H](CO)COC(=O)CCCCCCC=CCC=CCC=CCC=CCC. The van der Waals surface area contributed by atoms with Crippen LogP contribution in [-0.2, 0) is 19.1 Å². The highest BCUT2D eigenvalue weighted by Crippen LogP contribution is 2.08. The monoisotopic (exact) mass is 662 g/mol. The highest BCUT2D eigenvalue weighted by atomic mass is 16.6. The fraction of sp³-hybridized carbons (Fsp3) is 0.535. The molecule has 5 heteroatoms. The van der Waals surface area contributed by atoms with Crippen molar-refractivity contribution in [3.63, 3.8) is 0 Å². The van der Waals surface area contributed by atoms with Gasteiger partial charge in [-0.15, -0.1) is 0 Å². The van der Waals surface area contributed by atoms with Crippen molar-refractivity contribution >= 4 is 11.9 Å². The Morgan fingerprint density at radius 1 is 0.479 bits per heavy atom. The zero-order valence-corrected chi connectivity index (χ0v) is 30.2. The maximum atomic E-state index is 12.1. The number of rotatable bonds is 31. The van der Waals surface area contributed by atoms with E-state index in [2.05, 4.69) is 123 Å². The second kappa shape index (κ2) is 38.0. The number of allylic oxidation sites excluding steroid dienone is 18. The number of aliphatic hydroxyl groups is 1. The summed E-state index contributed by atoms with van der Waals surface area (Å²) >= 11 is 0. The van der Waals surface area contributed by atoms with Crippen LogP contribution in [-0.4, -0.2) is 36.4 Å². The minimum atomic E-state index is -0.818. The number of esters is 2. The molecule has 0 saturated carbocycles. The predicted octanol–water partition coefficient (Wildman–Crippen LogP) is 11.5. The Labute approximate surface area is 293 Å². The van der Waals surface area contributed by atoms with Gasteiger partial charge >= 0.3 is 11.9 Å². The van der Waals surface area contributed by atoms with Gasteiger partial charge < -0.3 is 14.6 Å². The average Bonchev–Trinajstić information content (AvgIpc) is 3.09. The number of hydrogen-bond donors (Lipinski definition) is 1. The molecule has 0 heterocycles. The van der Waals surface area contributed by atoms with Crippen LogP contribution in [0, 0.1) is 0 Å². The minimum absolute atomic E-state index is 0.109. The lowest BCUT2D eigenvalue weighted by atomic mass is 10.1. The molecule has 0 unspecified atom stereocenters. The van der Waals surface area contributed by atoms with Gasteiger partial charge in [-0.1, -0.05) is 136 Å².